The van der Waals surface area contributed by atoms with E-state index in [1.54, 1.807) is 30.3 Å². The van der Waals surface area contributed by atoms with E-state index in [-0.39, 0.29) is 11.8 Å². The van der Waals surface area contributed by atoms with E-state index in [0.717, 1.165) is 5.75 Å². The molecule has 0 saturated heterocycles. The number of benzene rings is 2. The molecular weight excluding hydrogens is 311 g/mol. The lowest BCUT2D eigenvalue weighted by molar-refractivity contribution is 0.339. The Morgan fingerprint density at radius 3 is 2.17 bits per heavy atom. The van der Waals surface area contributed by atoms with Crippen molar-refractivity contribution in [3.8, 4) is 29.1 Å². The zero-order valence-corrected chi connectivity index (χ0v) is 13.0. The van der Waals surface area contributed by atoms with E-state index in [1.807, 2.05) is 6.92 Å². The standard InChI is InChI=1S/C18H15FN2O3/c1-2-22-14-7-9-16(10-8-14)24-18-20-12-11-17(21-18)23-15-5-3-13(19)4-6-15/h3-12H,2H2,1H3. The van der Waals surface area contributed by atoms with Crippen molar-refractivity contribution in [2.24, 2.45) is 0 Å². The van der Waals surface area contributed by atoms with Gasteiger partial charge < -0.3 is 14.2 Å². The van der Waals surface area contributed by atoms with Gasteiger partial charge in [0.1, 0.15) is 23.1 Å². The van der Waals surface area contributed by atoms with Crippen molar-refractivity contribution in [2.75, 3.05) is 6.61 Å². The summed E-state index contributed by atoms with van der Waals surface area (Å²) in [4.78, 5) is 8.21. The molecule has 0 N–H and O–H groups in total. The quantitative estimate of drug-likeness (QED) is 0.662. The molecule has 1 aromatic heterocycles. The summed E-state index contributed by atoms with van der Waals surface area (Å²) in [6, 6.07) is 14.5. The van der Waals surface area contributed by atoms with E-state index in [9.17, 15) is 4.39 Å². The molecule has 2 aromatic carbocycles. The van der Waals surface area contributed by atoms with Crippen molar-refractivity contribution in [3.63, 3.8) is 0 Å². The average molecular weight is 326 g/mol. The number of ether oxygens (including phenoxy) is 3. The van der Waals surface area contributed by atoms with Gasteiger partial charge in [0.25, 0.3) is 0 Å². The van der Waals surface area contributed by atoms with Crippen LogP contribution in [0.5, 0.6) is 29.1 Å². The van der Waals surface area contributed by atoms with Gasteiger partial charge in [0.05, 0.1) is 6.61 Å². The first kappa shape index (κ1) is 15.7. The first-order valence-corrected chi connectivity index (χ1v) is 7.40. The maximum absolute atomic E-state index is 12.9. The van der Waals surface area contributed by atoms with Crippen LogP contribution in [0, 0.1) is 5.82 Å². The van der Waals surface area contributed by atoms with Gasteiger partial charge in [0.15, 0.2) is 0 Å². The summed E-state index contributed by atoms with van der Waals surface area (Å²) in [7, 11) is 0. The molecule has 6 heteroatoms. The molecule has 24 heavy (non-hydrogen) atoms. The van der Waals surface area contributed by atoms with Crippen LogP contribution in [0.2, 0.25) is 0 Å². The predicted molar refractivity (Wildman–Crippen MR) is 86.2 cm³/mol. The second-order valence-electron chi connectivity index (χ2n) is 4.74. The van der Waals surface area contributed by atoms with Crippen molar-refractivity contribution < 1.29 is 18.6 Å². The smallest absolute Gasteiger partial charge is 0.325 e. The molecule has 0 amide bonds. The van der Waals surface area contributed by atoms with Crippen molar-refractivity contribution in [1.29, 1.82) is 0 Å². The zero-order chi connectivity index (χ0) is 16.8. The highest BCUT2D eigenvalue weighted by atomic mass is 19.1. The molecule has 0 saturated carbocycles. The van der Waals surface area contributed by atoms with Crippen LogP contribution in [0.4, 0.5) is 4.39 Å². The highest BCUT2D eigenvalue weighted by molar-refractivity contribution is 5.33. The highest BCUT2D eigenvalue weighted by Crippen LogP contribution is 2.24. The van der Waals surface area contributed by atoms with Crippen LogP contribution < -0.4 is 14.2 Å². The fourth-order valence-electron chi connectivity index (χ4n) is 1.93. The molecule has 0 aliphatic rings. The Morgan fingerprint density at radius 1 is 0.833 bits per heavy atom. The predicted octanol–water partition coefficient (Wildman–Crippen LogP) is 4.60. The lowest BCUT2D eigenvalue weighted by Gasteiger charge is -2.08. The molecule has 0 radical (unpaired) electrons. The molecule has 5 nitrogen and oxygen atoms in total. The Bertz CT molecular complexity index is 792. The third-order valence-corrected chi connectivity index (χ3v) is 2.99. The van der Waals surface area contributed by atoms with Gasteiger partial charge in [0.2, 0.25) is 5.88 Å². The van der Waals surface area contributed by atoms with Crippen LogP contribution in [0.1, 0.15) is 6.92 Å². The molecule has 0 bridgehead atoms. The Balaban J connectivity index is 1.69. The number of hydrogen-bond acceptors (Lipinski definition) is 5. The second-order valence-corrected chi connectivity index (χ2v) is 4.74. The van der Waals surface area contributed by atoms with E-state index < -0.39 is 0 Å². The van der Waals surface area contributed by atoms with Gasteiger partial charge >= 0.3 is 6.01 Å². The van der Waals surface area contributed by atoms with E-state index >= 15 is 0 Å². The molecule has 0 aliphatic heterocycles. The van der Waals surface area contributed by atoms with E-state index in [0.29, 0.717) is 24.0 Å². The number of hydrogen-bond donors (Lipinski definition) is 0. The summed E-state index contributed by atoms with van der Waals surface area (Å²) < 4.78 is 29.4. The van der Waals surface area contributed by atoms with Gasteiger partial charge in [-0.3, -0.25) is 0 Å². The monoisotopic (exact) mass is 326 g/mol. The molecule has 3 aromatic rings. The van der Waals surface area contributed by atoms with Gasteiger partial charge in [-0.05, 0) is 55.5 Å². The largest absolute Gasteiger partial charge is 0.494 e. The van der Waals surface area contributed by atoms with Crippen molar-refractivity contribution >= 4 is 0 Å². The molecule has 0 unspecified atom stereocenters. The van der Waals surface area contributed by atoms with Crippen molar-refractivity contribution in [3.05, 3.63) is 66.6 Å². The minimum absolute atomic E-state index is 0.152. The van der Waals surface area contributed by atoms with E-state index in [2.05, 4.69) is 9.97 Å². The first-order chi connectivity index (χ1) is 11.7. The van der Waals surface area contributed by atoms with Gasteiger partial charge in [-0.25, -0.2) is 9.37 Å². The van der Waals surface area contributed by atoms with Gasteiger partial charge in [-0.15, -0.1) is 0 Å². The molecule has 3 rings (SSSR count). The van der Waals surface area contributed by atoms with E-state index in [1.165, 1.54) is 30.5 Å². The summed E-state index contributed by atoms with van der Waals surface area (Å²) in [6.45, 7) is 2.52. The maximum atomic E-state index is 12.9. The number of halogens is 1. The molecule has 0 spiro atoms. The summed E-state index contributed by atoms with van der Waals surface area (Å²) in [5, 5.41) is 0. The molecule has 1 heterocycles. The topological polar surface area (TPSA) is 53.5 Å². The van der Waals surface area contributed by atoms with Crippen LogP contribution >= 0.6 is 0 Å². The fourth-order valence-corrected chi connectivity index (χ4v) is 1.93. The number of nitrogens with zero attached hydrogens (tertiary/aromatic N) is 2. The minimum atomic E-state index is -0.329. The number of aromatic nitrogens is 2. The van der Waals surface area contributed by atoms with Crippen molar-refractivity contribution in [1.82, 2.24) is 9.97 Å². The molecule has 0 fully saturated rings. The fraction of sp³-hybridized carbons (Fsp3) is 0.111. The first-order valence-electron chi connectivity index (χ1n) is 7.40. The zero-order valence-electron chi connectivity index (χ0n) is 13.0. The van der Waals surface area contributed by atoms with Crippen LogP contribution in [0.3, 0.4) is 0 Å². The number of rotatable bonds is 6. The maximum Gasteiger partial charge on any atom is 0.325 e. The average Bonchev–Trinajstić information content (AvgIpc) is 2.59. The Kier molecular flexibility index (Phi) is 4.86. The minimum Gasteiger partial charge on any atom is -0.494 e. The lowest BCUT2D eigenvalue weighted by atomic mass is 10.3. The molecule has 0 aliphatic carbocycles. The lowest BCUT2D eigenvalue weighted by Crippen LogP contribution is -1.95. The van der Waals surface area contributed by atoms with Gasteiger partial charge in [-0.2, -0.15) is 4.98 Å². The third-order valence-electron chi connectivity index (χ3n) is 2.99. The van der Waals surface area contributed by atoms with Gasteiger partial charge in [0, 0.05) is 12.3 Å². The summed E-state index contributed by atoms with van der Waals surface area (Å²) in [6.07, 6.45) is 1.52. The molecular formula is C18H15FN2O3. The van der Waals surface area contributed by atoms with E-state index in [4.69, 9.17) is 14.2 Å². The molecule has 122 valence electrons. The van der Waals surface area contributed by atoms with Crippen LogP contribution in [0.25, 0.3) is 0 Å². The normalized spacial score (nSPS) is 10.2. The Hall–Kier alpha value is -3.15. The third kappa shape index (κ3) is 4.19. The van der Waals surface area contributed by atoms with Crippen LogP contribution in [0.15, 0.2) is 60.8 Å². The van der Waals surface area contributed by atoms with Crippen molar-refractivity contribution in [2.45, 2.75) is 6.92 Å². The summed E-state index contributed by atoms with van der Waals surface area (Å²) >= 11 is 0. The second kappa shape index (κ2) is 7.41. The highest BCUT2D eigenvalue weighted by Gasteiger charge is 2.05. The van der Waals surface area contributed by atoms with Crippen LogP contribution in [-0.2, 0) is 0 Å². The summed E-state index contributed by atoms with van der Waals surface area (Å²) in [5.41, 5.74) is 0. The molecule has 0 atom stereocenters. The summed E-state index contributed by atoms with van der Waals surface area (Å²) in [5.74, 6) is 1.79. The Morgan fingerprint density at radius 2 is 1.46 bits per heavy atom. The van der Waals surface area contributed by atoms with Gasteiger partial charge in [-0.1, -0.05) is 0 Å². The SMILES string of the molecule is CCOc1ccc(Oc2nccc(Oc3ccc(F)cc3)n2)cc1. The van der Waals surface area contributed by atoms with Crippen LogP contribution in [-0.4, -0.2) is 16.6 Å². The Labute approximate surface area is 138 Å².